The van der Waals surface area contributed by atoms with Crippen LogP contribution in [-0.4, -0.2) is 21.3 Å². The van der Waals surface area contributed by atoms with Crippen molar-refractivity contribution in [1.82, 2.24) is 14.7 Å². The molecular weight excluding hydrogens is 358 g/mol. The van der Waals surface area contributed by atoms with Crippen LogP contribution < -0.4 is 21.2 Å². The maximum atomic E-state index is 13.1. The number of hydrogen-bond acceptors (Lipinski definition) is 5. The molecule has 0 saturated carbocycles. The lowest BCUT2D eigenvalue weighted by molar-refractivity contribution is -0.651. The molecule has 1 amide bonds. The van der Waals surface area contributed by atoms with Crippen molar-refractivity contribution in [3.05, 3.63) is 70.5 Å². The van der Waals surface area contributed by atoms with Crippen LogP contribution in [0.3, 0.4) is 0 Å². The lowest BCUT2D eigenvalue weighted by atomic mass is 10.1. The maximum absolute atomic E-state index is 13.1. The third-order valence-corrected chi connectivity index (χ3v) is 4.42. The van der Waals surface area contributed by atoms with Gasteiger partial charge in [-0.15, -0.1) is 0 Å². The van der Waals surface area contributed by atoms with Crippen LogP contribution in [0.1, 0.15) is 30.0 Å². The summed E-state index contributed by atoms with van der Waals surface area (Å²) in [4.78, 5) is 30.4. The summed E-state index contributed by atoms with van der Waals surface area (Å²) in [7, 11) is 0. The summed E-state index contributed by atoms with van der Waals surface area (Å²) in [5.41, 5.74) is 7.19. The fourth-order valence-corrected chi connectivity index (χ4v) is 3.14. The minimum absolute atomic E-state index is 0.0723. The van der Waals surface area contributed by atoms with Crippen LogP contribution in [0.15, 0.2) is 58.1 Å². The molecule has 0 aromatic carbocycles. The van der Waals surface area contributed by atoms with Crippen molar-refractivity contribution in [2.24, 2.45) is 0 Å². The molecule has 8 heteroatoms. The minimum Gasteiger partial charge on any atom is -0.466 e. The van der Waals surface area contributed by atoms with Crippen molar-refractivity contribution in [3.8, 4) is 0 Å². The van der Waals surface area contributed by atoms with E-state index in [0.29, 0.717) is 22.4 Å². The molecule has 0 atom stereocenters. The van der Waals surface area contributed by atoms with Crippen LogP contribution in [-0.2, 0) is 6.54 Å². The number of hydrogen-bond donors (Lipinski definition) is 2. The van der Waals surface area contributed by atoms with E-state index in [1.54, 1.807) is 47.4 Å². The van der Waals surface area contributed by atoms with Crippen LogP contribution in [0, 0.1) is 0 Å². The highest BCUT2D eigenvalue weighted by atomic mass is 16.3. The van der Waals surface area contributed by atoms with Crippen molar-refractivity contribution >= 4 is 28.4 Å². The van der Waals surface area contributed by atoms with E-state index in [2.05, 4.69) is 10.3 Å². The van der Waals surface area contributed by atoms with Crippen LogP contribution in [0.5, 0.6) is 0 Å². The van der Waals surface area contributed by atoms with Gasteiger partial charge in [0.05, 0.1) is 6.26 Å². The average Bonchev–Trinajstić information content (AvgIpc) is 3.17. The molecule has 3 N–H and O–H groups in total. The van der Waals surface area contributed by atoms with Crippen molar-refractivity contribution in [2.75, 3.05) is 5.73 Å². The first-order chi connectivity index (χ1) is 13.5. The second-order valence-electron chi connectivity index (χ2n) is 6.82. The van der Waals surface area contributed by atoms with Crippen molar-refractivity contribution in [2.45, 2.75) is 26.4 Å². The molecule has 142 valence electrons. The quantitative estimate of drug-likeness (QED) is 0.413. The summed E-state index contributed by atoms with van der Waals surface area (Å²) < 4.78 is 8.52. The van der Waals surface area contributed by atoms with Crippen LogP contribution >= 0.6 is 0 Å². The van der Waals surface area contributed by atoms with E-state index in [0.717, 1.165) is 0 Å². The fourth-order valence-electron chi connectivity index (χ4n) is 3.14. The monoisotopic (exact) mass is 378 g/mol. The molecule has 0 bridgehead atoms. The number of rotatable bonds is 4. The Morgan fingerprint density at radius 2 is 2.14 bits per heavy atom. The van der Waals surface area contributed by atoms with Crippen molar-refractivity contribution < 1.29 is 13.8 Å². The Morgan fingerprint density at radius 1 is 1.32 bits per heavy atom. The Labute approximate surface area is 160 Å². The second-order valence-corrected chi connectivity index (χ2v) is 6.82. The molecule has 4 aromatic rings. The van der Waals surface area contributed by atoms with E-state index in [4.69, 9.17) is 10.2 Å². The molecule has 0 saturated heterocycles. The number of nitrogens with zero attached hydrogens (tertiary/aromatic N) is 3. The summed E-state index contributed by atoms with van der Waals surface area (Å²) in [5.74, 6) is 0.504. The first-order valence-corrected chi connectivity index (χ1v) is 8.92. The van der Waals surface area contributed by atoms with E-state index in [9.17, 15) is 9.59 Å². The topological polar surface area (TPSA) is 107 Å². The summed E-state index contributed by atoms with van der Waals surface area (Å²) in [6.07, 6.45) is 3.20. The number of furan rings is 1. The fraction of sp³-hybridized carbons (Fsp3) is 0.200. The summed E-state index contributed by atoms with van der Waals surface area (Å²) >= 11 is 0. The molecule has 0 aliphatic heterocycles. The largest absolute Gasteiger partial charge is 0.466 e. The molecule has 0 aliphatic carbocycles. The number of amides is 1. The zero-order chi connectivity index (χ0) is 19.8. The smallest absolute Gasteiger partial charge is 0.278 e. The van der Waals surface area contributed by atoms with Gasteiger partial charge in [0, 0.05) is 12.2 Å². The molecule has 28 heavy (non-hydrogen) atoms. The molecule has 8 nitrogen and oxygen atoms in total. The number of carbonyl (C=O) groups excluding carboxylic acids is 1. The lowest BCUT2D eigenvalue weighted by Crippen LogP contribution is -2.43. The summed E-state index contributed by atoms with van der Waals surface area (Å²) in [6.45, 7) is 3.96. The van der Waals surface area contributed by atoms with Crippen LogP contribution in [0.4, 0.5) is 5.82 Å². The molecular formula is C20H20N5O3+. The standard InChI is InChI=1S/C20H19N5O3/c1-12(2)22-19(26)14-10-15-18(23-16-7-3-4-8-24(16)20(15)27)25(17(14)21)11-13-6-5-9-28-13/h3-10,12,21H,11H2,1-2H3,(H,22,26)/p+1. The number of fused-ring (bicyclic) bond motifs is 2. The number of nitrogens with one attached hydrogen (secondary N) is 1. The van der Waals surface area contributed by atoms with Crippen LogP contribution in [0.2, 0.25) is 0 Å². The highest BCUT2D eigenvalue weighted by Crippen LogP contribution is 2.16. The average molecular weight is 378 g/mol. The number of pyridine rings is 2. The Balaban J connectivity index is 2.05. The number of aromatic nitrogens is 3. The third kappa shape index (κ3) is 2.98. The molecule has 0 spiro atoms. The van der Waals surface area contributed by atoms with E-state index < -0.39 is 0 Å². The van der Waals surface area contributed by atoms with Gasteiger partial charge in [0.15, 0.2) is 0 Å². The van der Waals surface area contributed by atoms with Crippen molar-refractivity contribution in [3.63, 3.8) is 0 Å². The normalized spacial score (nSPS) is 11.4. The van der Waals surface area contributed by atoms with Gasteiger partial charge >= 0.3 is 0 Å². The third-order valence-electron chi connectivity index (χ3n) is 4.42. The second kappa shape index (κ2) is 6.80. The molecule has 0 aliphatic rings. The predicted molar refractivity (Wildman–Crippen MR) is 104 cm³/mol. The number of nitrogen functional groups attached to an aromatic ring is 1. The SMILES string of the molecule is CC(C)NC(=O)c1cc2c(=O)n3ccccc3nc2[n+](Cc2ccco2)c1N. The van der Waals surface area contributed by atoms with E-state index >= 15 is 0 Å². The lowest BCUT2D eigenvalue weighted by Gasteiger charge is -2.13. The van der Waals surface area contributed by atoms with Crippen molar-refractivity contribution in [1.29, 1.82) is 0 Å². The Hall–Kier alpha value is -3.68. The van der Waals surface area contributed by atoms with E-state index in [-0.39, 0.29) is 35.4 Å². The summed E-state index contributed by atoms with van der Waals surface area (Å²) in [5, 5.41) is 3.13. The Bertz CT molecular complexity index is 1240. The molecule has 0 fully saturated rings. The van der Waals surface area contributed by atoms with Gasteiger partial charge in [0.2, 0.25) is 11.5 Å². The van der Waals surface area contributed by atoms with Gasteiger partial charge in [0.1, 0.15) is 23.3 Å². The Morgan fingerprint density at radius 3 is 2.86 bits per heavy atom. The first kappa shape index (κ1) is 17.7. The van der Waals surface area contributed by atoms with Gasteiger partial charge in [-0.3, -0.25) is 14.0 Å². The van der Waals surface area contributed by atoms with Gasteiger partial charge < -0.3 is 15.5 Å². The minimum atomic E-state index is -0.347. The number of anilines is 1. The predicted octanol–water partition coefficient (Wildman–Crippen LogP) is 1.50. The highest BCUT2D eigenvalue weighted by Gasteiger charge is 2.25. The number of carbonyl (C=O) groups is 1. The zero-order valence-corrected chi connectivity index (χ0v) is 15.5. The zero-order valence-electron chi connectivity index (χ0n) is 15.5. The molecule has 0 unspecified atom stereocenters. The molecule has 4 heterocycles. The van der Waals surface area contributed by atoms with Gasteiger partial charge in [-0.2, -0.15) is 0 Å². The Kier molecular flexibility index (Phi) is 4.31. The molecule has 0 radical (unpaired) electrons. The van der Waals surface area contributed by atoms with E-state index in [1.165, 1.54) is 10.5 Å². The molecule has 4 rings (SSSR count). The van der Waals surface area contributed by atoms with E-state index in [1.807, 2.05) is 13.8 Å². The maximum Gasteiger partial charge on any atom is 0.278 e. The first-order valence-electron chi connectivity index (χ1n) is 8.92. The number of nitrogens with two attached hydrogens (primary N) is 1. The van der Waals surface area contributed by atoms with Gasteiger partial charge in [-0.25, -0.2) is 4.57 Å². The molecule has 4 aromatic heterocycles. The van der Waals surface area contributed by atoms with Gasteiger partial charge in [0.25, 0.3) is 17.1 Å². The van der Waals surface area contributed by atoms with Gasteiger partial charge in [-0.1, -0.05) is 11.1 Å². The van der Waals surface area contributed by atoms with Crippen LogP contribution in [0.25, 0.3) is 16.7 Å². The summed E-state index contributed by atoms with van der Waals surface area (Å²) in [6, 6.07) is 10.3. The van der Waals surface area contributed by atoms with Gasteiger partial charge in [-0.05, 0) is 44.2 Å². The highest BCUT2D eigenvalue weighted by molar-refractivity contribution is 6.00.